The second-order valence-electron chi connectivity index (χ2n) is 6.73. The molecule has 0 spiro atoms. The molecule has 0 radical (unpaired) electrons. The molecule has 0 aliphatic rings. The van der Waals surface area contributed by atoms with E-state index in [-0.39, 0.29) is 5.82 Å². The van der Waals surface area contributed by atoms with Crippen molar-refractivity contribution in [2.45, 2.75) is 20.4 Å². The van der Waals surface area contributed by atoms with Crippen molar-refractivity contribution in [1.29, 1.82) is 0 Å². The molecule has 7 heteroatoms. The summed E-state index contributed by atoms with van der Waals surface area (Å²) < 4.78 is 18.9. The largest absolute Gasteiger partial charge is 0.272 e. The quantitative estimate of drug-likeness (QED) is 0.557. The van der Waals surface area contributed by atoms with Gasteiger partial charge in [0.05, 0.1) is 30.3 Å². The Labute approximate surface area is 156 Å². The maximum Gasteiger partial charge on any atom is 0.123 e. The number of aromatic nitrogens is 6. The van der Waals surface area contributed by atoms with Gasteiger partial charge in [-0.2, -0.15) is 15.3 Å². The first-order valence-corrected chi connectivity index (χ1v) is 8.74. The Morgan fingerprint density at radius 1 is 0.889 bits per heavy atom. The van der Waals surface area contributed by atoms with Crippen molar-refractivity contribution < 1.29 is 4.39 Å². The van der Waals surface area contributed by atoms with Gasteiger partial charge in [0.1, 0.15) is 5.82 Å². The van der Waals surface area contributed by atoms with E-state index in [1.165, 1.54) is 12.1 Å². The van der Waals surface area contributed by atoms with Crippen molar-refractivity contribution in [3.8, 4) is 22.5 Å². The summed E-state index contributed by atoms with van der Waals surface area (Å²) in [5.41, 5.74) is 6.96. The molecule has 0 saturated heterocycles. The molecule has 1 aromatic carbocycles. The molecule has 0 atom stereocenters. The highest BCUT2D eigenvalue weighted by molar-refractivity contribution is 5.70. The van der Waals surface area contributed by atoms with Gasteiger partial charge in [-0.3, -0.25) is 14.0 Å². The summed E-state index contributed by atoms with van der Waals surface area (Å²) in [5, 5.41) is 13.5. The molecule has 3 heterocycles. The topological polar surface area (TPSA) is 53.5 Å². The lowest BCUT2D eigenvalue weighted by Gasteiger charge is -2.07. The van der Waals surface area contributed by atoms with Crippen molar-refractivity contribution in [3.05, 3.63) is 65.5 Å². The van der Waals surface area contributed by atoms with E-state index in [1.807, 2.05) is 54.4 Å². The van der Waals surface area contributed by atoms with Crippen LogP contribution in [-0.4, -0.2) is 29.3 Å². The molecule has 0 N–H and O–H groups in total. The van der Waals surface area contributed by atoms with Gasteiger partial charge in [-0.05, 0) is 37.6 Å². The molecule has 0 aliphatic heterocycles. The second kappa shape index (κ2) is 6.50. The summed E-state index contributed by atoms with van der Waals surface area (Å²) >= 11 is 0. The predicted molar refractivity (Wildman–Crippen MR) is 102 cm³/mol. The molecule has 0 saturated carbocycles. The number of hydrogen-bond acceptors (Lipinski definition) is 3. The van der Waals surface area contributed by atoms with Gasteiger partial charge in [0.15, 0.2) is 0 Å². The van der Waals surface area contributed by atoms with Crippen molar-refractivity contribution in [2.24, 2.45) is 14.1 Å². The molecule has 0 bridgehead atoms. The Morgan fingerprint density at radius 3 is 2.04 bits per heavy atom. The number of aryl methyl sites for hydroxylation is 2. The summed E-state index contributed by atoms with van der Waals surface area (Å²) in [7, 11) is 3.84. The molecule has 0 aliphatic carbocycles. The van der Waals surface area contributed by atoms with Gasteiger partial charge in [0.25, 0.3) is 0 Å². The molecule has 4 rings (SSSR count). The smallest absolute Gasteiger partial charge is 0.123 e. The van der Waals surface area contributed by atoms with E-state index in [1.54, 1.807) is 12.1 Å². The van der Waals surface area contributed by atoms with Crippen molar-refractivity contribution in [1.82, 2.24) is 29.3 Å². The molecule has 27 heavy (non-hydrogen) atoms. The molecule has 0 unspecified atom stereocenters. The van der Waals surface area contributed by atoms with Gasteiger partial charge >= 0.3 is 0 Å². The predicted octanol–water partition coefficient (Wildman–Crippen LogP) is 3.49. The third kappa shape index (κ3) is 3.05. The van der Waals surface area contributed by atoms with Crippen LogP contribution in [0.15, 0.2) is 42.7 Å². The van der Waals surface area contributed by atoms with Crippen LogP contribution in [0.5, 0.6) is 0 Å². The van der Waals surface area contributed by atoms with Crippen LogP contribution in [-0.2, 0) is 20.6 Å². The Kier molecular flexibility index (Phi) is 4.14. The van der Waals surface area contributed by atoms with Crippen molar-refractivity contribution in [3.63, 3.8) is 0 Å². The van der Waals surface area contributed by atoms with E-state index in [0.29, 0.717) is 6.54 Å². The van der Waals surface area contributed by atoms with Crippen molar-refractivity contribution in [2.75, 3.05) is 0 Å². The van der Waals surface area contributed by atoms with Gasteiger partial charge in [-0.15, -0.1) is 0 Å². The third-order valence-electron chi connectivity index (χ3n) is 5.05. The fourth-order valence-electron chi connectivity index (χ4n) is 3.15. The van der Waals surface area contributed by atoms with E-state index >= 15 is 0 Å². The molecule has 138 valence electrons. The fourth-order valence-corrected chi connectivity index (χ4v) is 3.15. The van der Waals surface area contributed by atoms with Crippen LogP contribution in [0.25, 0.3) is 22.5 Å². The van der Waals surface area contributed by atoms with E-state index in [2.05, 4.69) is 16.3 Å². The number of nitrogens with zero attached hydrogens (tertiary/aromatic N) is 6. The first kappa shape index (κ1) is 17.2. The highest BCUT2D eigenvalue weighted by Gasteiger charge is 2.18. The first-order valence-electron chi connectivity index (χ1n) is 8.74. The zero-order valence-electron chi connectivity index (χ0n) is 15.8. The summed E-state index contributed by atoms with van der Waals surface area (Å²) in [4.78, 5) is 0. The van der Waals surface area contributed by atoms with Gasteiger partial charge in [-0.1, -0.05) is 12.1 Å². The van der Waals surface area contributed by atoms with Crippen LogP contribution in [0.2, 0.25) is 0 Å². The maximum absolute atomic E-state index is 13.3. The number of hydrogen-bond donors (Lipinski definition) is 0. The zero-order chi connectivity index (χ0) is 19.1. The summed E-state index contributed by atoms with van der Waals surface area (Å²) in [5.74, 6) is -0.241. The van der Waals surface area contributed by atoms with E-state index in [4.69, 9.17) is 5.10 Å². The molecule has 0 fully saturated rings. The number of rotatable bonds is 4. The summed E-state index contributed by atoms with van der Waals surface area (Å²) in [6.45, 7) is 4.60. The molecule has 3 aromatic heterocycles. The van der Waals surface area contributed by atoms with Gasteiger partial charge in [-0.25, -0.2) is 4.39 Å². The Balaban J connectivity index is 1.83. The highest BCUT2D eigenvalue weighted by Crippen LogP contribution is 2.30. The molecule has 0 amide bonds. The minimum Gasteiger partial charge on any atom is -0.272 e. The maximum atomic E-state index is 13.3. The molecular formula is C20H21FN6. The SMILES string of the molecule is Cc1c(-c2cc(-c3cnn(C)c3C)n(Cc3ccc(F)cc3)n2)cnn1C. The van der Waals surface area contributed by atoms with E-state index in [9.17, 15) is 4.39 Å². The minimum atomic E-state index is -0.241. The van der Waals surface area contributed by atoms with Crippen LogP contribution in [0, 0.1) is 19.7 Å². The monoisotopic (exact) mass is 364 g/mol. The van der Waals surface area contributed by atoms with E-state index < -0.39 is 0 Å². The average molecular weight is 364 g/mol. The number of halogens is 1. The standard InChI is InChI=1S/C20H21FN6/c1-13-17(10-22-25(13)3)19-9-20(18-11-23-26(4)14(18)2)27(24-19)12-15-5-7-16(21)8-6-15/h5-11H,12H2,1-4H3. The van der Waals surface area contributed by atoms with E-state index in [0.717, 1.165) is 39.5 Å². The summed E-state index contributed by atoms with van der Waals surface area (Å²) in [6, 6.07) is 8.58. The van der Waals surface area contributed by atoms with Gasteiger partial charge in [0, 0.05) is 36.6 Å². The Morgan fingerprint density at radius 2 is 1.48 bits per heavy atom. The minimum absolute atomic E-state index is 0.241. The first-order chi connectivity index (χ1) is 12.9. The van der Waals surface area contributed by atoms with Crippen LogP contribution in [0.4, 0.5) is 4.39 Å². The van der Waals surface area contributed by atoms with Gasteiger partial charge in [0.2, 0.25) is 0 Å². The van der Waals surface area contributed by atoms with Gasteiger partial charge < -0.3 is 0 Å². The normalized spacial score (nSPS) is 11.3. The number of benzene rings is 1. The van der Waals surface area contributed by atoms with Crippen LogP contribution < -0.4 is 0 Å². The summed E-state index contributed by atoms with van der Waals surface area (Å²) in [6.07, 6.45) is 3.69. The lowest BCUT2D eigenvalue weighted by Crippen LogP contribution is -2.04. The zero-order valence-corrected chi connectivity index (χ0v) is 15.8. The second-order valence-corrected chi connectivity index (χ2v) is 6.73. The van der Waals surface area contributed by atoms with Crippen LogP contribution >= 0.6 is 0 Å². The molecule has 6 nitrogen and oxygen atoms in total. The Hall–Kier alpha value is -3.22. The van der Waals surface area contributed by atoms with Crippen LogP contribution in [0.3, 0.4) is 0 Å². The fraction of sp³-hybridized carbons (Fsp3) is 0.250. The average Bonchev–Trinajstić information content (AvgIpc) is 3.30. The highest BCUT2D eigenvalue weighted by atomic mass is 19.1. The van der Waals surface area contributed by atoms with Crippen molar-refractivity contribution >= 4 is 0 Å². The third-order valence-corrected chi connectivity index (χ3v) is 5.05. The molecular weight excluding hydrogens is 343 g/mol. The Bertz CT molecular complexity index is 1100. The lowest BCUT2D eigenvalue weighted by molar-refractivity contribution is 0.625. The van der Waals surface area contributed by atoms with Crippen LogP contribution in [0.1, 0.15) is 17.0 Å². The molecule has 4 aromatic rings. The lowest BCUT2D eigenvalue weighted by atomic mass is 10.1.